The van der Waals surface area contributed by atoms with Crippen LogP contribution in [-0.4, -0.2) is 31.6 Å². The second kappa shape index (κ2) is 7.39. The molecule has 0 aromatic carbocycles. The van der Waals surface area contributed by atoms with E-state index in [4.69, 9.17) is 9.47 Å². The fourth-order valence-corrected chi connectivity index (χ4v) is 1.50. The minimum atomic E-state index is -0.669. The number of ether oxygens (including phenoxy) is 2. The molecule has 0 aromatic heterocycles. The molecule has 0 amide bonds. The number of hydrogen-bond acceptors (Lipinski definition) is 4. The first-order valence-electron chi connectivity index (χ1n) is 5.66. The Morgan fingerprint density at radius 3 is 2.12 bits per heavy atom. The average molecular weight is 230 g/mol. The van der Waals surface area contributed by atoms with E-state index >= 15 is 0 Å². The third-order valence-electron chi connectivity index (χ3n) is 2.45. The molecule has 0 aliphatic heterocycles. The van der Waals surface area contributed by atoms with Crippen molar-refractivity contribution in [3.05, 3.63) is 0 Å². The molecule has 0 aromatic rings. The molecule has 0 aliphatic rings. The molecular formula is C12H22O4. The van der Waals surface area contributed by atoms with Crippen molar-refractivity contribution in [1.29, 1.82) is 0 Å². The van der Waals surface area contributed by atoms with Crippen LogP contribution in [0.2, 0.25) is 0 Å². The standard InChI is InChI=1S/C12H22O4/c1-6-16-12(14)11(8(2)3)10(13)7-9(4)15-5/h8-9,11H,6-7H2,1-5H3. The molecule has 2 unspecified atom stereocenters. The van der Waals surface area contributed by atoms with Crippen molar-refractivity contribution in [2.75, 3.05) is 13.7 Å². The van der Waals surface area contributed by atoms with E-state index < -0.39 is 11.9 Å². The molecule has 16 heavy (non-hydrogen) atoms. The second-order valence-electron chi connectivity index (χ2n) is 4.19. The number of Topliss-reactive ketones (excluding diaryl/α,β-unsaturated/α-hetero) is 1. The highest BCUT2D eigenvalue weighted by Crippen LogP contribution is 2.17. The minimum Gasteiger partial charge on any atom is -0.465 e. The largest absolute Gasteiger partial charge is 0.465 e. The summed E-state index contributed by atoms with van der Waals surface area (Å²) in [4.78, 5) is 23.5. The summed E-state index contributed by atoms with van der Waals surface area (Å²) in [6.45, 7) is 7.53. The van der Waals surface area contributed by atoms with Crippen LogP contribution in [0, 0.1) is 11.8 Å². The van der Waals surface area contributed by atoms with E-state index in [1.165, 1.54) is 0 Å². The fourth-order valence-electron chi connectivity index (χ4n) is 1.50. The van der Waals surface area contributed by atoms with Gasteiger partial charge in [0.1, 0.15) is 11.7 Å². The van der Waals surface area contributed by atoms with E-state index in [2.05, 4.69) is 0 Å². The second-order valence-corrected chi connectivity index (χ2v) is 4.19. The number of methoxy groups -OCH3 is 1. The lowest BCUT2D eigenvalue weighted by atomic mass is 9.89. The van der Waals surface area contributed by atoms with Crippen LogP contribution in [0.1, 0.15) is 34.1 Å². The molecule has 0 spiro atoms. The van der Waals surface area contributed by atoms with Crippen molar-refractivity contribution in [2.45, 2.75) is 40.2 Å². The number of carbonyl (C=O) groups excluding carboxylic acids is 2. The Labute approximate surface area is 97.3 Å². The van der Waals surface area contributed by atoms with E-state index in [0.29, 0.717) is 6.61 Å². The molecule has 0 fully saturated rings. The van der Waals surface area contributed by atoms with Crippen molar-refractivity contribution < 1.29 is 19.1 Å². The first-order valence-corrected chi connectivity index (χ1v) is 5.66. The summed E-state index contributed by atoms with van der Waals surface area (Å²) in [5.41, 5.74) is 0. The lowest BCUT2D eigenvalue weighted by molar-refractivity contribution is -0.153. The van der Waals surface area contributed by atoms with Gasteiger partial charge in [0.05, 0.1) is 12.7 Å². The summed E-state index contributed by atoms with van der Waals surface area (Å²) < 4.78 is 9.92. The third kappa shape index (κ3) is 4.75. The lowest BCUT2D eigenvalue weighted by Gasteiger charge is -2.19. The fraction of sp³-hybridized carbons (Fsp3) is 0.833. The molecule has 0 saturated carbocycles. The van der Waals surface area contributed by atoms with Crippen LogP contribution in [0.5, 0.6) is 0 Å². The summed E-state index contributed by atoms with van der Waals surface area (Å²) >= 11 is 0. The van der Waals surface area contributed by atoms with Crippen LogP contribution in [0.25, 0.3) is 0 Å². The summed E-state index contributed by atoms with van der Waals surface area (Å²) in [5, 5.41) is 0. The van der Waals surface area contributed by atoms with Crippen LogP contribution in [0.15, 0.2) is 0 Å². The first-order chi connectivity index (χ1) is 7.43. The van der Waals surface area contributed by atoms with Gasteiger partial charge in [-0.3, -0.25) is 9.59 Å². The molecule has 0 saturated heterocycles. The van der Waals surface area contributed by atoms with Crippen LogP contribution >= 0.6 is 0 Å². The minimum absolute atomic E-state index is 0.0457. The maximum Gasteiger partial charge on any atom is 0.316 e. The van der Waals surface area contributed by atoms with Crippen LogP contribution in [0.3, 0.4) is 0 Å². The van der Waals surface area contributed by atoms with Gasteiger partial charge in [0.25, 0.3) is 0 Å². The zero-order valence-corrected chi connectivity index (χ0v) is 10.8. The maximum absolute atomic E-state index is 11.9. The van der Waals surface area contributed by atoms with Crippen molar-refractivity contribution in [2.24, 2.45) is 11.8 Å². The van der Waals surface area contributed by atoms with Crippen LogP contribution in [0.4, 0.5) is 0 Å². The Kier molecular flexibility index (Phi) is 6.97. The molecule has 0 radical (unpaired) electrons. The predicted molar refractivity (Wildman–Crippen MR) is 61.1 cm³/mol. The van der Waals surface area contributed by atoms with Gasteiger partial charge in [-0.05, 0) is 19.8 Å². The molecule has 2 atom stereocenters. The van der Waals surface area contributed by atoms with Crippen LogP contribution in [-0.2, 0) is 19.1 Å². The van der Waals surface area contributed by atoms with E-state index in [1.807, 2.05) is 13.8 Å². The summed E-state index contributed by atoms with van der Waals surface area (Å²) in [7, 11) is 1.55. The quantitative estimate of drug-likeness (QED) is 0.494. The van der Waals surface area contributed by atoms with Crippen molar-refractivity contribution in [1.82, 2.24) is 0 Å². The maximum atomic E-state index is 11.9. The van der Waals surface area contributed by atoms with Gasteiger partial charge in [-0.15, -0.1) is 0 Å². The van der Waals surface area contributed by atoms with Gasteiger partial charge >= 0.3 is 5.97 Å². The zero-order chi connectivity index (χ0) is 12.7. The Bertz CT molecular complexity index is 235. The van der Waals surface area contributed by atoms with Crippen molar-refractivity contribution in [3.8, 4) is 0 Å². The van der Waals surface area contributed by atoms with E-state index in [1.54, 1.807) is 21.0 Å². The molecule has 0 bridgehead atoms. The number of hydrogen-bond donors (Lipinski definition) is 0. The Hall–Kier alpha value is -0.900. The van der Waals surface area contributed by atoms with Gasteiger partial charge in [0.15, 0.2) is 0 Å². The smallest absolute Gasteiger partial charge is 0.316 e. The zero-order valence-electron chi connectivity index (χ0n) is 10.8. The average Bonchev–Trinajstić information content (AvgIpc) is 2.17. The summed E-state index contributed by atoms with van der Waals surface area (Å²) in [6, 6.07) is 0. The summed E-state index contributed by atoms with van der Waals surface area (Å²) in [6.07, 6.45) is 0.0845. The number of esters is 1. The van der Waals surface area contributed by atoms with Crippen molar-refractivity contribution in [3.63, 3.8) is 0 Å². The molecule has 0 rings (SSSR count). The van der Waals surface area contributed by atoms with Gasteiger partial charge in [-0.2, -0.15) is 0 Å². The molecule has 4 nitrogen and oxygen atoms in total. The SMILES string of the molecule is CCOC(=O)C(C(=O)CC(C)OC)C(C)C. The molecule has 4 heteroatoms. The van der Waals surface area contributed by atoms with E-state index in [0.717, 1.165) is 0 Å². The van der Waals surface area contributed by atoms with Gasteiger partial charge in [0.2, 0.25) is 0 Å². The number of rotatable bonds is 7. The number of carbonyl (C=O) groups is 2. The number of ketones is 1. The normalized spacial score (nSPS) is 14.6. The third-order valence-corrected chi connectivity index (χ3v) is 2.45. The summed E-state index contributed by atoms with van der Waals surface area (Å²) in [5.74, 6) is -1.25. The lowest BCUT2D eigenvalue weighted by Crippen LogP contribution is -2.32. The van der Waals surface area contributed by atoms with Crippen molar-refractivity contribution >= 4 is 11.8 Å². The molecule has 94 valence electrons. The van der Waals surface area contributed by atoms with Gasteiger partial charge < -0.3 is 9.47 Å². The van der Waals surface area contributed by atoms with Crippen LogP contribution < -0.4 is 0 Å². The van der Waals surface area contributed by atoms with E-state index in [9.17, 15) is 9.59 Å². The molecular weight excluding hydrogens is 208 g/mol. The monoisotopic (exact) mass is 230 g/mol. The highest BCUT2D eigenvalue weighted by Gasteiger charge is 2.31. The topological polar surface area (TPSA) is 52.6 Å². The van der Waals surface area contributed by atoms with Gasteiger partial charge in [0, 0.05) is 13.5 Å². The van der Waals surface area contributed by atoms with E-state index in [-0.39, 0.29) is 24.2 Å². The molecule has 0 heterocycles. The predicted octanol–water partition coefficient (Wildman–Crippen LogP) is 1.82. The Morgan fingerprint density at radius 1 is 1.19 bits per heavy atom. The Morgan fingerprint density at radius 2 is 1.75 bits per heavy atom. The molecule has 0 N–H and O–H groups in total. The first kappa shape index (κ1) is 15.1. The molecule has 0 aliphatic carbocycles. The van der Waals surface area contributed by atoms with Gasteiger partial charge in [-0.25, -0.2) is 0 Å². The highest BCUT2D eigenvalue weighted by molar-refractivity contribution is 5.99. The van der Waals surface area contributed by atoms with Gasteiger partial charge in [-0.1, -0.05) is 13.8 Å². The highest BCUT2D eigenvalue weighted by atomic mass is 16.5. The Balaban J connectivity index is 4.53.